The number of hydrogen-bond donors (Lipinski definition) is 0. The summed E-state index contributed by atoms with van der Waals surface area (Å²) in [4.78, 5) is 3.85. The molecule has 0 saturated heterocycles. The van der Waals surface area contributed by atoms with Crippen LogP contribution in [-0.2, 0) is 0 Å². The Balaban J connectivity index is 1.07. The highest BCUT2D eigenvalue weighted by molar-refractivity contribution is 6.17. The minimum atomic E-state index is 0.600. The number of aromatic nitrogens is 3. The largest absolute Gasteiger partial charge is 0.310 e. The highest BCUT2D eigenvalue weighted by Crippen LogP contribution is 2.42. The second kappa shape index (κ2) is 12.1. The molecule has 0 fully saturated rings. The molecular formula is C51H31N5. The van der Waals surface area contributed by atoms with Gasteiger partial charge in [-0.1, -0.05) is 103 Å². The van der Waals surface area contributed by atoms with E-state index in [2.05, 4.69) is 171 Å². The van der Waals surface area contributed by atoms with Crippen molar-refractivity contribution in [3.05, 3.63) is 192 Å². The summed E-state index contributed by atoms with van der Waals surface area (Å²) in [6.07, 6.45) is 0. The van der Waals surface area contributed by atoms with Crippen LogP contribution in [0.1, 0.15) is 11.1 Å². The molecular weight excluding hydrogens is 683 g/mol. The average molecular weight is 714 g/mol. The van der Waals surface area contributed by atoms with Gasteiger partial charge in [0.05, 0.1) is 51.1 Å². The van der Waals surface area contributed by atoms with Crippen LogP contribution in [-0.4, -0.2) is 13.7 Å². The molecule has 3 heterocycles. The third kappa shape index (κ3) is 4.40. The second-order valence-electron chi connectivity index (χ2n) is 14.4. The Morgan fingerprint density at radius 1 is 0.446 bits per heavy atom. The van der Waals surface area contributed by atoms with Gasteiger partial charge < -0.3 is 13.7 Å². The van der Waals surface area contributed by atoms with Crippen LogP contribution in [0.25, 0.3) is 98.5 Å². The normalized spacial score (nSPS) is 11.6. The highest BCUT2D eigenvalue weighted by Gasteiger charge is 2.21. The fourth-order valence-corrected chi connectivity index (χ4v) is 9.07. The minimum Gasteiger partial charge on any atom is -0.310 e. The molecule has 11 aromatic rings. The summed E-state index contributed by atoms with van der Waals surface area (Å²) >= 11 is 0. The van der Waals surface area contributed by atoms with Gasteiger partial charge in [-0.25, -0.2) is 4.85 Å². The van der Waals surface area contributed by atoms with Crippen LogP contribution < -0.4 is 0 Å². The molecule has 0 atom stereocenters. The number of fused-ring (bicyclic) bond motifs is 9. The van der Waals surface area contributed by atoms with Gasteiger partial charge in [-0.05, 0) is 95.7 Å². The first-order chi connectivity index (χ1) is 27.6. The Labute approximate surface area is 322 Å². The van der Waals surface area contributed by atoms with E-state index in [1.54, 1.807) is 0 Å². The van der Waals surface area contributed by atoms with Crippen LogP contribution in [0.15, 0.2) is 170 Å². The van der Waals surface area contributed by atoms with E-state index in [0.717, 1.165) is 88.4 Å². The smallest absolute Gasteiger partial charge is 0.197 e. The number of para-hydroxylation sites is 4. The lowest BCUT2D eigenvalue weighted by molar-refractivity contribution is 1.15. The van der Waals surface area contributed by atoms with Gasteiger partial charge in [-0.3, -0.25) is 0 Å². The summed E-state index contributed by atoms with van der Waals surface area (Å²) < 4.78 is 6.89. The highest BCUT2D eigenvalue weighted by atomic mass is 15.0. The zero-order valence-corrected chi connectivity index (χ0v) is 30.4. The molecule has 0 radical (unpaired) electrons. The van der Waals surface area contributed by atoms with Gasteiger partial charge in [0.25, 0.3) is 0 Å². The molecule has 11 rings (SSSR count). The van der Waals surface area contributed by atoms with E-state index in [-0.39, 0.29) is 0 Å². The molecule has 56 heavy (non-hydrogen) atoms. The van der Waals surface area contributed by atoms with Crippen LogP contribution in [0.3, 0.4) is 0 Å². The van der Waals surface area contributed by atoms with E-state index in [1.807, 2.05) is 30.3 Å². The molecule has 0 N–H and O–H groups in total. The van der Waals surface area contributed by atoms with E-state index < -0.39 is 0 Å². The number of hydrogen-bond acceptors (Lipinski definition) is 1. The van der Waals surface area contributed by atoms with Gasteiger partial charge in [-0.2, -0.15) is 5.26 Å². The Hall–Kier alpha value is -7.86. The van der Waals surface area contributed by atoms with Crippen molar-refractivity contribution in [1.82, 2.24) is 13.7 Å². The molecule has 0 aliphatic heterocycles. The molecule has 0 aliphatic carbocycles. The summed E-state index contributed by atoms with van der Waals surface area (Å²) in [5, 5.41) is 17.5. The predicted octanol–water partition coefficient (Wildman–Crippen LogP) is 13.4. The van der Waals surface area contributed by atoms with Crippen molar-refractivity contribution in [3.8, 4) is 34.3 Å². The van der Waals surface area contributed by atoms with Crippen LogP contribution in [0.2, 0.25) is 0 Å². The van der Waals surface area contributed by atoms with Crippen molar-refractivity contribution in [2.45, 2.75) is 6.92 Å². The van der Waals surface area contributed by atoms with Gasteiger partial charge in [0.2, 0.25) is 0 Å². The summed E-state index contributed by atoms with van der Waals surface area (Å²) in [6, 6.07) is 61.7. The first-order valence-electron chi connectivity index (χ1n) is 18.7. The maximum absolute atomic E-state index is 10.8. The Morgan fingerprint density at radius 3 is 1.52 bits per heavy atom. The minimum absolute atomic E-state index is 0.600. The molecule has 260 valence electrons. The molecule has 0 aliphatic rings. The van der Waals surface area contributed by atoms with Crippen molar-refractivity contribution >= 4 is 71.1 Å². The van der Waals surface area contributed by atoms with Crippen molar-refractivity contribution in [1.29, 1.82) is 5.26 Å². The Morgan fingerprint density at radius 2 is 0.911 bits per heavy atom. The summed E-state index contributed by atoms with van der Waals surface area (Å²) in [5.74, 6) is 0. The van der Waals surface area contributed by atoms with Crippen molar-refractivity contribution < 1.29 is 0 Å². The van der Waals surface area contributed by atoms with Crippen molar-refractivity contribution in [2.75, 3.05) is 0 Å². The predicted molar refractivity (Wildman–Crippen MR) is 231 cm³/mol. The van der Waals surface area contributed by atoms with E-state index in [4.69, 9.17) is 6.57 Å². The number of nitrogens with zero attached hydrogens (tertiary/aromatic N) is 5. The first-order valence-corrected chi connectivity index (χ1v) is 18.7. The lowest BCUT2D eigenvalue weighted by Crippen LogP contribution is -2.00. The maximum atomic E-state index is 10.8. The number of aryl methyl sites for hydroxylation is 1. The van der Waals surface area contributed by atoms with Gasteiger partial charge in [0.15, 0.2) is 5.69 Å². The van der Waals surface area contributed by atoms with E-state index in [1.165, 1.54) is 10.8 Å². The molecule has 0 spiro atoms. The van der Waals surface area contributed by atoms with Gasteiger partial charge >= 0.3 is 0 Å². The SMILES string of the molecule is [C-]#[N+]c1cccc2c1c1ccccc1n2-c1ccc(-c2ccc(-n3c4ccccc4c4c(-n5c6ccccc6c6ccccc65)cccc43)c(C#N)c2)cc1C. The van der Waals surface area contributed by atoms with Crippen molar-refractivity contribution in [3.63, 3.8) is 0 Å². The fraction of sp³-hybridized carbons (Fsp3) is 0.0196. The van der Waals surface area contributed by atoms with Crippen LogP contribution >= 0.6 is 0 Å². The standard InChI is InChI=1S/C51H31N5/c1-32-29-33(25-27-41(32)54-45-20-9-5-15-38(45)50-40(53-2)17-11-22-47(50)54)34-26-28-42(35(30-34)31-52)55-46-21-10-6-16-39(46)51-48(55)23-12-24-49(51)56-43-18-7-3-13-36(43)37-14-4-8-19-44(37)56/h3-30H,1H3. The molecule has 3 aromatic heterocycles. The van der Waals surface area contributed by atoms with Crippen LogP contribution in [0.4, 0.5) is 5.69 Å². The molecule has 8 aromatic carbocycles. The number of nitriles is 1. The number of rotatable bonds is 4. The zero-order valence-electron chi connectivity index (χ0n) is 30.4. The zero-order chi connectivity index (χ0) is 37.5. The van der Waals surface area contributed by atoms with E-state index in [9.17, 15) is 5.26 Å². The van der Waals surface area contributed by atoms with Gasteiger partial charge in [0.1, 0.15) is 6.07 Å². The molecule has 0 unspecified atom stereocenters. The van der Waals surface area contributed by atoms with E-state index >= 15 is 0 Å². The van der Waals surface area contributed by atoms with Crippen LogP contribution in [0, 0.1) is 24.8 Å². The summed E-state index contributed by atoms with van der Waals surface area (Å²) in [5.41, 5.74) is 13.9. The third-order valence-electron chi connectivity index (χ3n) is 11.4. The Bertz CT molecular complexity index is 3470. The first kappa shape index (κ1) is 31.6. The summed E-state index contributed by atoms with van der Waals surface area (Å²) in [7, 11) is 0. The van der Waals surface area contributed by atoms with Crippen LogP contribution in [0.5, 0.6) is 0 Å². The molecule has 5 nitrogen and oxygen atoms in total. The Kier molecular flexibility index (Phi) is 6.83. The molecule has 5 heteroatoms. The lowest BCUT2D eigenvalue weighted by atomic mass is 9.99. The maximum Gasteiger partial charge on any atom is 0.197 e. The number of benzene rings is 8. The topological polar surface area (TPSA) is 42.9 Å². The van der Waals surface area contributed by atoms with Gasteiger partial charge in [-0.15, -0.1) is 0 Å². The van der Waals surface area contributed by atoms with E-state index in [0.29, 0.717) is 11.3 Å². The van der Waals surface area contributed by atoms with Crippen molar-refractivity contribution in [2.24, 2.45) is 0 Å². The average Bonchev–Trinajstić information content (AvgIpc) is 3.89. The molecule has 0 saturated carbocycles. The second-order valence-corrected chi connectivity index (χ2v) is 14.4. The third-order valence-corrected chi connectivity index (χ3v) is 11.4. The quantitative estimate of drug-likeness (QED) is 0.167. The lowest BCUT2D eigenvalue weighted by Gasteiger charge is -2.15. The molecule has 0 bridgehead atoms. The van der Waals surface area contributed by atoms with Gasteiger partial charge in [0, 0.05) is 38.1 Å². The molecule has 0 amide bonds. The monoisotopic (exact) mass is 713 g/mol. The fourth-order valence-electron chi connectivity index (χ4n) is 9.07. The summed E-state index contributed by atoms with van der Waals surface area (Å²) in [6.45, 7) is 9.97.